The number of carbonyl (C=O) groups is 1. The summed E-state index contributed by atoms with van der Waals surface area (Å²) in [5, 5.41) is 14.8. The summed E-state index contributed by atoms with van der Waals surface area (Å²) in [5.74, 6) is -0.172. The molecule has 8 nitrogen and oxygen atoms in total. The Balaban J connectivity index is 1.59. The molecule has 0 bridgehead atoms. The van der Waals surface area contributed by atoms with Gasteiger partial charge >= 0.3 is 11.9 Å². The zero-order valence-corrected chi connectivity index (χ0v) is 16.4. The van der Waals surface area contributed by atoms with Crippen molar-refractivity contribution in [2.75, 3.05) is 26.2 Å². The molecule has 3 rings (SSSR count). The Hall–Kier alpha value is -2.95. The smallest absolute Gasteiger partial charge is 0.338 e. The first-order valence-corrected chi connectivity index (χ1v) is 9.55. The van der Waals surface area contributed by atoms with Crippen molar-refractivity contribution in [3.63, 3.8) is 0 Å². The molecule has 30 heavy (non-hydrogen) atoms. The summed E-state index contributed by atoms with van der Waals surface area (Å²) in [6.07, 6.45) is -1.58. The van der Waals surface area contributed by atoms with Crippen LogP contribution in [0.4, 0.5) is 18.9 Å². The zero-order chi connectivity index (χ0) is 21.9. The molecule has 11 heteroatoms. The SMILES string of the molecule is CCC(C(=O)N1CCN(Cc2cccc(C(F)(F)F)c2)CC1)n1cc([N+](=O)[O-])cn1. The predicted molar refractivity (Wildman–Crippen MR) is 102 cm³/mol. The predicted octanol–water partition coefficient (Wildman–Crippen LogP) is 3.11. The quantitative estimate of drug-likeness (QED) is 0.525. The van der Waals surface area contributed by atoms with Crippen molar-refractivity contribution in [1.29, 1.82) is 0 Å². The van der Waals surface area contributed by atoms with Gasteiger partial charge in [-0.1, -0.05) is 25.1 Å². The van der Waals surface area contributed by atoms with Crippen molar-refractivity contribution in [2.24, 2.45) is 0 Å². The van der Waals surface area contributed by atoms with Gasteiger partial charge in [-0.05, 0) is 18.1 Å². The lowest BCUT2D eigenvalue weighted by Crippen LogP contribution is -2.50. The van der Waals surface area contributed by atoms with E-state index in [1.165, 1.54) is 16.9 Å². The van der Waals surface area contributed by atoms with Gasteiger partial charge in [0.05, 0.1) is 10.5 Å². The van der Waals surface area contributed by atoms with E-state index in [0.29, 0.717) is 44.7 Å². The van der Waals surface area contributed by atoms with E-state index in [9.17, 15) is 28.1 Å². The van der Waals surface area contributed by atoms with Gasteiger partial charge in [-0.3, -0.25) is 24.5 Å². The van der Waals surface area contributed by atoms with Crippen molar-refractivity contribution in [3.8, 4) is 0 Å². The van der Waals surface area contributed by atoms with Crippen molar-refractivity contribution in [1.82, 2.24) is 19.6 Å². The van der Waals surface area contributed by atoms with Gasteiger partial charge in [0.2, 0.25) is 5.91 Å². The Morgan fingerprint density at radius 1 is 1.27 bits per heavy atom. The Kier molecular flexibility index (Phi) is 6.40. The van der Waals surface area contributed by atoms with E-state index in [-0.39, 0.29) is 11.6 Å². The maximum Gasteiger partial charge on any atom is 0.416 e. The van der Waals surface area contributed by atoms with Crippen molar-refractivity contribution < 1.29 is 22.9 Å². The summed E-state index contributed by atoms with van der Waals surface area (Å²) in [7, 11) is 0. The van der Waals surface area contributed by atoms with E-state index < -0.39 is 22.7 Å². The molecule has 0 spiro atoms. The first kappa shape index (κ1) is 21.8. The summed E-state index contributed by atoms with van der Waals surface area (Å²) in [6.45, 7) is 4.08. The first-order chi connectivity index (χ1) is 14.2. The summed E-state index contributed by atoms with van der Waals surface area (Å²) in [4.78, 5) is 26.8. The molecule has 0 N–H and O–H groups in total. The Morgan fingerprint density at radius 3 is 2.53 bits per heavy atom. The van der Waals surface area contributed by atoms with Gasteiger partial charge in [0, 0.05) is 32.7 Å². The van der Waals surface area contributed by atoms with Crippen molar-refractivity contribution >= 4 is 11.6 Å². The average Bonchev–Trinajstić information content (AvgIpc) is 3.19. The molecule has 1 unspecified atom stereocenters. The molecular formula is C19H22F3N5O3. The number of hydrogen-bond donors (Lipinski definition) is 0. The molecule has 1 fully saturated rings. The molecule has 1 saturated heterocycles. The summed E-state index contributed by atoms with van der Waals surface area (Å²) < 4.78 is 40.0. The monoisotopic (exact) mass is 425 g/mol. The largest absolute Gasteiger partial charge is 0.416 e. The van der Waals surface area contributed by atoms with Gasteiger partial charge in [-0.2, -0.15) is 18.3 Å². The topological polar surface area (TPSA) is 84.5 Å². The second kappa shape index (κ2) is 8.82. The Morgan fingerprint density at radius 2 is 1.97 bits per heavy atom. The highest BCUT2D eigenvalue weighted by Crippen LogP contribution is 2.30. The molecule has 1 aliphatic heterocycles. The molecule has 1 atom stereocenters. The molecule has 2 aromatic rings. The van der Waals surface area contributed by atoms with E-state index in [0.717, 1.165) is 18.3 Å². The standard InChI is InChI=1S/C19H22F3N5O3/c1-2-17(26-13-16(11-23-26)27(29)30)18(28)25-8-6-24(7-9-25)12-14-4-3-5-15(10-14)19(20,21)22/h3-5,10-11,13,17H,2,6-9,12H2,1H3. The van der Waals surface area contributed by atoms with Gasteiger partial charge < -0.3 is 4.90 Å². The van der Waals surface area contributed by atoms with Crippen LogP contribution in [0.1, 0.15) is 30.5 Å². The number of amides is 1. The van der Waals surface area contributed by atoms with Gasteiger partial charge in [0.15, 0.2) is 0 Å². The van der Waals surface area contributed by atoms with Gasteiger partial charge in [-0.15, -0.1) is 0 Å². The lowest BCUT2D eigenvalue weighted by atomic mass is 10.1. The molecule has 1 amide bonds. The van der Waals surface area contributed by atoms with Crippen LogP contribution in [0.2, 0.25) is 0 Å². The molecule has 1 aliphatic rings. The Bertz CT molecular complexity index is 907. The maximum absolute atomic E-state index is 12.9. The van der Waals surface area contributed by atoms with E-state index in [1.807, 2.05) is 4.90 Å². The number of alkyl halides is 3. The second-order valence-corrected chi connectivity index (χ2v) is 7.16. The molecule has 1 aromatic carbocycles. The van der Waals surface area contributed by atoms with Crippen LogP contribution in [0, 0.1) is 10.1 Å². The lowest BCUT2D eigenvalue weighted by molar-refractivity contribution is -0.385. The minimum absolute atomic E-state index is 0.172. The molecule has 0 aliphatic carbocycles. The molecule has 1 aromatic heterocycles. The van der Waals surface area contributed by atoms with Crippen molar-refractivity contribution in [3.05, 3.63) is 57.9 Å². The van der Waals surface area contributed by atoms with Crippen LogP contribution < -0.4 is 0 Å². The van der Waals surface area contributed by atoms with Crippen LogP contribution in [0.3, 0.4) is 0 Å². The number of carbonyl (C=O) groups excluding carboxylic acids is 1. The van der Waals surface area contributed by atoms with Crippen LogP contribution >= 0.6 is 0 Å². The van der Waals surface area contributed by atoms with Crippen LogP contribution in [-0.2, 0) is 17.5 Å². The molecule has 2 heterocycles. The van der Waals surface area contributed by atoms with Crippen molar-refractivity contribution in [2.45, 2.75) is 32.1 Å². The van der Waals surface area contributed by atoms with E-state index >= 15 is 0 Å². The third kappa shape index (κ3) is 4.96. The van der Waals surface area contributed by atoms with E-state index in [2.05, 4.69) is 5.10 Å². The van der Waals surface area contributed by atoms with Gasteiger partial charge in [0.25, 0.3) is 0 Å². The average molecular weight is 425 g/mol. The van der Waals surface area contributed by atoms with Crippen LogP contribution in [-0.4, -0.2) is 56.6 Å². The minimum Gasteiger partial charge on any atom is -0.338 e. The van der Waals surface area contributed by atoms with E-state index in [4.69, 9.17) is 0 Å². The third-order valence-electron chi connectivity index (χ3n) is 5.13. The van der Waals surface area contributed by atoms with Crippen LogP contribution in [0.25, 0.3) is 0 Å². The molecule has 162 valence electrons. The lowest BCUT2D eigenvalue weighted by Gasteiger charge is -2.36. The van der Waals surface area contributed by atoms with Gasteiger partial charge in [-0.25, -0.2) is 0 Å². The highest BCUT2D eigenvalue weighted by Gasteiger charge is 2.31. The van der Waals surface area contributed by atoms with Crippen LogP contribution in [0.15, 0.2) is 36.7 Å². The fraction of sp³-hybridized carbons (Fsp3) is 0.474. The van der Waals surface area contributed by atoms with Gasteiger partial charge in [0.1, 0.15) is 18.4 Å². The summed E-state index contributed by atoms with van der Waals surface area (Å²) >= 11 is 0. The number of piperazine rings is 1. The molecular weight excluding hydrogens is 403 g/mol. The highest BCUT2D eigenvalue weighted by atomic mass is 19.4. The zero-order valence-electron chi connectivity index (χ0n) is 16.4. The summed E-state index contributed by atoms with van der Waals surface area (Å²) in [6, 6.07) is 4.62. The minimum atomic E-state index is -4.38. The van der Waals surface area contributed by atoms with E-state index in [1.54, 1.807) is 17.9 Å². The number of hydrogen-bond acceptors (Lipinski definition) is 5. The molecule has 0 radical (unpaired) electrons. The number of nitro groups is 1. The number of benzene rings is 1. The highest BCUT2D eigenvalue weighted by molar-refractivity contribution is 5.80. The van der Waals surface area contributed by atoms with Crippen LogP contribution in [0.5, 0.6) is 0 Å². The third-order valence-corrected chi connectivity index (χ3v) is 5.13. The number of halogens is 3. The first-order valence-electron chi connectivity index (χ1n) is 9.55. The second-order valence-electron chi connectivity index (χ2n) is 7.16. The number of nitrogens with zero attached hydrogens (tertiary/aromatic N) is 5. The maximum atomic E-state index is 12.9. The fourth-order valence-corrected chi connectivity index (χ4v) is 3.51. The number of rotatable bonds is 6. The Labute approximate surface area is 171 Å². The normalized spacial score (nSPS) is 16.5. The molecule has 0 saturated carbocycles. The number of aromatic nitrogens is 2. The summed E-state index contributed by atoms with van der Waals surface area (Å²) in [5.41, 5.74) is -0.278. The fourth-order valence-electron chi connectivity index (χ4n) is 3.51.